The molecule has 20 heavy (non-hydrogen) atoms. The maximum Gasteiger partial charge on any atom is 0.341 e. The second-order valence-electron chi connectivity index (χ2n) is 4.66. The quantitative estimate of drug-likeness (QED) is 0.602. The van der Waals surface area contributed by atoms with E-state index in [0.717, 1.165) is 4.90 Å². The van der Waals surface area contributed by atoms with Crippen molar-refractivity contribution >= 4 is 17.9 Å². The summed E-state index contributed by atoms with van der Waals surface area (Å²) in [5.41, 5.74) is -0.832. The number of nitrogens with zero attached hydrogens (tertiary/aromatic N) is 2. The van der Waals surface area contributed by atoms with Gasteiger partial charge in [-0.25, -0.2) is 9.59 Å². The summed E-state index contributed by atoms with van der Waals surface area (Å²) >= 11 is 0. The molecule has 2 aliphatic rings. The second kappa shape index (κ2) is 4.06. The number of hydrogen-bond acceptors (Lipinski definition) is 4. The maximum atomic E-state index is 12.6. The number of esters is 1. The van der Waals surface area contributed by atoms with Crippen LogP contribution in [0, 0.1) is 0 Å². The van der Waals surface area contributed by atoms with Gasteiger partial charge in [0.25, 0.3) is 5.72 Å². The lowest BCUT2D eigenvalue weighted by Crippen LogP contribution is -2.47. The van der Waals surface area contributed by atoms with Crippen molar-refractivity contribution in [2.24, 2.45) is 0 Å². The Bertz CT molecular complexity index is 627. The Balaban J connectivity index is 2.24. The van der Waals surface area contributed by atoms with E-state index in [-0.39, 0.29) is 13.1 Å². The van der Waals surface area contributed by atoms with Crippen LogP contribution in [0.1, 0.15) is 29.8 Å². The maximum absolute atomic E-state index is 12.6. The minimum Gasteiger partial charge on any atom is -0.421 e. The molecule has 0 bridgehead atoms. The Morgan fingerprint density at radius 1 is 1.10 bits per heavy atom. The molecule has 104 valence electrons. The van der Waals surface area contributed by atoms with Crippen molar-refractivity contribution in [3.63, 3.8) is 0 Å². The molecule has 1 aromatic carbocycles. The summed E-state index contributed by atoms with van der Waals surface area (Å²) < 4.78 is 5.37. The summed E-state index contributed by atoms with van der Waals surface area (Å²) in [4.78, 5) is 39.4. The number of rotatable bonds is 2. The van der Waals surface area contributed by atoms with Gasteiger partial charge in [-0.2, -0.15) is 0 Å². The molecule has 3 rings (SSSR count). The zero-order chi connectivity index (χ0) is 14.5. The number of carbonyl (C=O) groups excluding carboxylic acids is 3. The number of likely N-dealkylation sites (N-methyl/N-ethyl adjacent to an activating group) is 2. The summed E-state index contributed by atoms with van der Waals surface area (Å²) in [5, 5.41) is 0. The molecule has 0 aromatic heterocycles. The molecule has 1 saturated heterocycles. The molecule has 1 unspecified atom stereocenters. The number of hydrogen-bond donors (Lipinski definition) is 0. The average Bonchev–Trinajstić information content (AvgIpc) is 2.85. The van der Waals surface area contributed by atoms with Gasteiger partial charge in [0, 0.05) is 18.7 Å². The lowest BCUT2D eigenvalue weighted by molar-refractivity contribution is -0.153. The van der Waals surface area contributed by atoms with E-state index >= 15 is 0 Å². The molecule has 6 heteroatoms. The van der Waals surface area contributed by atoms with E-state index in [1.165, 1.54) is 4.90 Å². The fourth-order valence-electron chi connectivity index (χ4n) is 2.86. The summed E-state index contributed by atoms with van der Waals surface area (Å²) in [6.45, 7) is 3.99. The molecule has 0 radical (unpaired) electrons. The highest BCUT2D eigenvalue weighted by molar-refractivity contribution is 6.11. The zero-order valence-corrected chi connectivity index (χ0v) is 11.3. The number of imide groups is 1. The van der Waals surface area contributed by atoms with Crippen LogP contribution in [0.15, 0.2) is 24.3 Å². The first-order valence-corrected chi connectivity index (χ1v) is 6.54. The number of urea groups is 1. The van der Waals surface area contributed by atoms with Crippen LogP contribution in [-0.2, 0) is 15.3 Å². The van der Waals surface area contributed by atoms with Gasteiger partial charge in [-0.1, -0.05) is 18.2 Å². The van der Waals surface area contributed by atoms with Crippen molar-refractivity contribution in [3.8, 4) is 0 Å². The lowest BCUT2D eigenvalue weighted by Gasteiger charge is -2.29. The van der Waals surface area contributed by atoms with Crippen molar-refractivity contribution in [1.29, 1.82) is 0 Å². The lowest BCUT2D eigenvalue weighted by atomic mass is 9.98. The van der Waals surface area contributed by atoms with Crippen molar-refractivity contribution in [2.75, 3.05) is 13.1 Å². The third-order valence-corrected chi connectivity index (χ3v) is 3.76. The predicted octanol–water partition coefficient (Wildman–Crippen LogP) is 1.31. The van der Waals surface area contributed by atoms with Crippen LogP contribution in [-0.4, -0.2) is 40.8 Å². The van der Waals surface area contributed by atoms with Gasteiger partial charge in [0.05, 0.1) is 5.56 Å². The van der Waals surface area contributed by atoms with E-state index in [0.29, 0.717) is 11.1 Å². The van der Waals surface area contributed by atoms with Gasteiger partial charge in [0.2, 0.25) is 0 Å². The first-order valence-electron chi connectivity index (χ1n) is 6.54. The Morgan fingerprint density at radius 3 is 2.45 bits per heavy atom. The molecule has 0 saturated carbocycles. The van der Waals surface area contributed by atoms with E-state index in [1.807, 2.05) is 0 Å². The van der Waals surface area contributed by atoms with Gasteiger partial charge in [-0.3, -0.25) is 14.6 Å². The van der Waals surface area contributed by atoms with Crippen LogP contribution in [0.4, 0.5) is 4.79 Å². The second-order valence-corrected chi connectivity index (χ2v) is 4.66. The minimum atomic E-state index is -1.62. The molecule has 0 N–H and O–H groups in total. The molecule has 0 aliphatic carbocycles. The molecule has 3 amide bonds. The Morgan fingerprint density at radius 2 is 1.80 bits per heavy atom. The molecule has 1 atom stereocenters. The Labute approximate surface area is 115 Å². The molecule has 1 spiro atoms. The third kappa shape index (κ3) is 1.25. The fourth-order valence-corrected chi connectivity index (χ4v) is 2.86. The van der Waals surface area contributed by atoms with E-state index < -0.39 is 23.6 Å². The largest absolute Gasteiger partial charge is 0.421 e. The molecule has 1 aromatic rings. The topological polar surface area (TPSA) is 66.9 Å². The Hall–Kier alpha value is -2.37. The van der Waals surface area contributed by atoms with E-state index in [2.05, 4.69) is 0 Å². The number of ether oxygens (including phenoxy) is 1. The highest BCUT2D eigenvalue weighted by atomic mass is 16.6. The number of carbonyl (C=O) groups is 3. The van der Waals surface area contributed by atoms with Crippen molar-refractivity contribution in [3.05, 3.63) is 35.4 Å². The first kappa shape index (κ1) is 12.7. The van der Waals surface area contributed by atoms with Crippen LogP contribution < -0.4 is 0 Å². The summed E-state index contributed by atoms with van der Waals surface area (Å²) in [6.07, 6.45) is 0. The molecule has 2 heterocycles. The van der Waals surface area contributed by atoms with E-state index in [1.54, 1.807) is 38.1 Å². The number of amides is 3. The standard InChI is InChI=1S/C14H14N2O4/c1-3-15-12(18)14(16(4-2)13(15)19)10-8-6-5-7-9(10)11(17)20-14/h5-8H,3-4H2,1-2H3. The highest BCUT2D eigenvalue weighted by Gasteiger charge is 2.64. The minimum absolute atomic E-state index is 0.246. The van der Waals surface area contributed by atoms with E-state index in [9.17, 15) is 14.4 Å². The zero-order valence-electron chi connectivity index (χ0n) is 11.3. The summed E-state index contributed by atoms with van der Waals surface area (Å²) in [6, 6.07) is 6.26. The van der Waals surface area contributed by atoms with Crippen molar-refractivity contribution in [2.45, 2.75) is 19.6 Å². The van der Waals surface area contributed by atoms with Crippen LogP contribution in [0.3, 0.4) is 0 Å². The summed E-state index contributed by atoms with van der Waals surface area (Å²) in [5.74, 6) is -1.07. The SMILES string of the molecule is CCN1C(=O)N(CC)C2(OC(=O)c3ccccc32)C1=O. The molecule has 1 fully saturated rings. The van der Waals surface area contributed by atoms with Gasteiger partial charge in [0.1, 0.15) is 0 Å². The van der Waals surface area contributed by atoms with Crippen LogP contribution in [0.2, 0.25) is 0 Å². The van der Waals surface area contributed by atoms with Crippen LogP contribution in [0.25, 0.3) is 0 Å². The van der Waals surface area contributed by atoms with Gasteiger partial charge in [-0.05, 0) is 19.9 Å². The van der Waals surface area contributed by atoms with Crippen LogP contribution >= 0.6 is 0 Å². The van der Waals surface area contributed by atoms with E-state index in [4.69, 9.17) is 4.74 Å². The van der Waals surface area contributed by atoms with Gasteiger partial charge in [0.15, 0.2) is 0 Å². The molecular weight excluding hydrogens is 260 g/mol. The molecule has 6 nitrogen and oxygen atoms in total. The molecule has 2 aliphatic heterocycles. The van der Waals surface area contributed by atoms with Gasteiger partial charge < -0.3 is 4.74 Å². The van der Waals surface area contributed by atoms with Crippen LogP contribution in [0.5, 0.6) is 0 Å². The normalized spacial score (nSPS) is 24.6. The average molecular weight is 274 g/mol. The fraction of sp³-hybridized carbons (Fsp3) is 0.357. The summed E-state index contributed by atoms with van der Waals surface area (Å²) in [7, 11) is 0. The molecular formula is C14H14N2O4. The van der Waals surface area contributed by atoms with Gasteiger partial charge in [-0.15, -0.1) is 0 Å². The van der Waals surface area contributed by atoms with Crippen molar-refractivity contribution < 1.29 is 19.1 Å². The predicted molar refractivity (Wildman–Crippen MR) is 68.7 cm³/mol. The highest BCUT2D eigenvalue weighted by Crippen LogP contribution is 2.44. The van der Waals surface area contributed by atoms with Gasteiger partial charge >= 0.3 is 17.9 Å². The number of benzene rings is 1. The number of fused-ring (bicyclic) bond motifs is 2. The Kier molecular flexibility index (Phi) is 2.57. The first-order chi connectivity index (χ1) is 9.57. The third-order valence-electron chi connectivity index (χ3n) is 3.76. The monoisotopic (exact) mass is 274 g/mol. The smallest absolute Gasteiger partial charge is 0.341 e. The van der Waals surface area contributed by atoms with Crippen molar-refractivity contribution in [1.82, 2.24) is 9.80 Å².